The fourth-order valence-corrected chi connectivity index (χ4v) is 1.87. The molecule has 1 aromatic rings. The average molecular weight is 245 g/mol. The molecular formula is C11H10Cl2O2. The first kappa shape index (κ1) is 10.9. The van der Waals surface area contributed by atoms with E-state index in [1.54, 1.807) is 18.2 Å². The molecule has 0 radical (unpaired) electrons. The lowest BCUT2D eigenvalue weighted by Gasteiger charge is -2.09. The second-order valence-electron chi connectivity index (χ2n) is 3.75. The molecule has 0 bridgehead atoms. The molecule has 0 spiro atoms. The smallest absolute Gasteiger partial charge is 0.193 e. The van der Waals surface area contributed by atoms with Gasteiger partial charge in [0, 0.05) is 5.56 Å². The Morgan fingerprint density at radius 2 is 2.07 bits per heavy atom. The minimum Gasteiger partial charge on any atom is -0.385 e. The van der Waals surface area contributed by atoms with Crippen molar-refractivity contribution in [2.75, 3.05) is 0 Å². The molecule has 0 aliphatic heterocycles. The van der Waals surface area contributed by atoms with Crippen LogP contribution in [0.2, 0.25) is 10.0 Å². The van der Waals surface area contributed by atoms with Gasteiger partial charge < -0.3 is 5.11 Å². The van der Waals surface area contributed by atoms with Gasteiger partial charge in [-0.2, -0.15) is 0 Å². The zero-order chi connectivity index (χ0) is 11.0. The summed E-state index contributed by atoms with van der Waals surface area (Å²) in [6, 6.07) is 4.85. The first-order valence-electron chi connectivity index (χ1n) is 4.77. The molecule has 4 heteroatoms. The number of aliphatic hydroxyl groups excluding tert-OH is 1. The second kappa shape index (κ2) is 4.12. The Balaban J connectivity index is 2.28. The first-order chi connectivity index (χ1) is 7.11. The van der Waals surface area contributed by atoms with Crippen molar-refractivity contribution in [3.63, 3.8) is 0 Å². The molecule has 0 heterocycles. The van der Waals surface area contributed by atoms with Gasteiger partial charge in [0.15, 0.2) is 5.78 Å². The van der Waals surface area contributed by atoms with Gasteiger partial charge in [-0.05, 0) is 30.9 Å². The van der Waals surface area contributed by atoms with Gasteiger partial charge in [0.2, 0.25) is 0 Å². The standard InChI is InChI=1S/C11H10Cl2O2/c12-8-3-1-2-7(9(8)13)11(15)10(14)6-4-5-6/h1-3,6,10,14H,4-5H2. The topological polar surface area (TPSA) is 37.3 Å². The van der Waals surface area contributed by atoms with E-state index in [1.807, 2.05) is 0 Å². The summed E-state index contributed by atoms with van der Waals surface area (Å²) >= 11 is 11.7. The predicted octanol–water partition coefficient (Wildman–Crippen LogP) is 2.95. The zero-order valence-electron chi connectivity index (χ0n) is 7.91. The minimum atomic E-state index is -0.930. The van der Waals surface area contributed by atoms with Crippen molar-refractivity contribution in [2.45, 2.75) is 18.9 Å². The third-order valence-electron chi connectivity index (χ3n) is 2.55. The number of carbonyl (C=O) groups is 1. The van der Waals surface area contributed by atoms with Gasteiger partial charge in [0.1, 0.15) is 6.10 Å². The summed E-state index contributed by atoms with van der Waals surface area (Å²) in [5.41, 5.74) is 0.309. The van der Waals surface area contributed by atoms with Crippen LogP contribution < -0.4 is 0 Å². The van der Waals surface area contributed by atoms with Crippen molar-refractivity contribution in [1.29, 1.82) is 0 Å². The van der Waals surface area contributed by atoms with Gasteiger partial charge in [0.25, 0.3) is 0 Å². The summed E-state index contributed by atoms with van der Waals surface area (Å²) in [6.45, 7) is 0. The molecule has 1 aliphatic carbocycles. The van der Waals surface area contributed by atoms with E-state index in [1.165, 1.54) is 0 Å². The molecule has 1 N–H and O–H groups in total. The lowest BCUT2D eigenvalue weighted by Crippen LogP contribution is -2.22. The number of halogens is 2. The number of ketones is 1. The highest BCUT2D eigenvalue weighted by molar-refractivity contribution is 6.44. The molecule has 1 aromatic carbocycles. The first-order valence-corrected chi connectivity index (χ1v) is 5.53. The Morgan fingerprint density at radius 1 is 1.40 bits per heavy atom. The van der Waals surface area contributed by atoms with Crippen LogP contribution in [0.15, 0.2) is 18.2 Å². The van der Waals surface area contributed by atoms with Crippen molar-refractivity contribution < 1.29 is 9.90 Å². The molecule has 1 unspecified atom stereocenters. The maximum atomic E-state index is 11.8. The molecule has 0 amide bonds. The highest BCUT2D eigenvalue weighted by Gasteiger charge is 2.35. The Morgan fingerprint density at radius 3 is 2.67 bits per heavy atom. The van der Waals surface area contributed by atoms with Crippen LogP contribution in [-0.2, 0) is 0 Å². The number of carbonyl (C=O) groups excluding carboxylic acids is 1. The molecule has 1 saturated carbocycles. The SMILES string of the molecule is O=C(c1cccc(Cl)c1Cl)C(O)C1CC1. The lowest BCUT2D eigenvalue weighted by molar-refractivity contribution is 0.0704. The molecule has 1 aliphatic rings. The monoisotopic (exact) mass is 244 g/mol. The Labute approximate surface area is 97.8 Å². The summed E-state index contributed by atoms with van der Waals surface area (Å²) in [4.78, 5) is 11.8. The molecule has 80 valence electrons. The molecular weight excluding hydrogens is 235 g/mol. The summed E-state index contributed by atoms with van der Waals surface area (Å²) in [5, 5.41) is 10.2. The highest BCUT2D eigenvalue weighted by atomic mass is 35.5. The quantitative estimate of drug-likeness (QED) is 0.831. The minimum absolute atomic E-state index is 0.104. The largest absolute Gasteiger partial charge is 0.385 e. The molecule has 1 atom stereocenters. The van der Waals surface area contributed by atoms with Crippen molar-refractivity contribution in [1.82, 2.24) is 0 Å². The molecule has 15 heavy (non-hydrogen) atoms. The molecule has 2 nitrogen and oxygen atoms in total. The summed E-state index contributed by atoms with van der Waals surface area (Å²) in [7, 11) is 0. The third-order valence-corrected chi connectivity index (χ3v) is 3.37. The molecule has 2 rings (SSSR count). The fourth-order valence-electron chi connectivity index (χ4n) is 1.48. The molecule has 0 aromatic heterocycles. The zero-order valence-corrected chi connectivity index (χ0v) is 9.42. The van der Waals surface area contributed by atoms with E-state index in [4.69, 9.17) is 23.2 Å². The predicted molar refractivity (Wildman–Crippen MR) is 59.5 cm³/mol. The maximum Gasteiger partial charge on any atom is 0.193 e. The van der Waals surface area contributed by atoms with Crippen LogP contribution in [0.1, 0.15) is 23.2 Å². The number of aliphatic hydroxyl groups is 1. The van der Waals surface area contributed by atoms with Crippen LogP contribution >= 0.6 is 23.2 Å². The highest BCUT2D eigenvalue weighted by Crippen LogP contribution is 2.35. The molecule has 0 saturated heterocycles. The summed E-state index contributed by atoms with van der Waals surface area (Å²) in [6.07, 6.45) is 0.886. The van der Waals surface area contributed by atoms with Crippen LogP contribution in [0.4, 0.5) is 0 Å². The van der Waals surface area contributed by atoms with Crippen molar-refractivity contribution >= 4 is 29.0 Å². The summed E-state index contributed by atoms with van der Waals surface area (Å²) < 4.78 is 0. The van der Waals surface area contributed by atoms with Gasteiger partial charge in [-0.15, -0.1) is 0 Å². The van der Waals surface area contributed by atoms with Gasteiger partial charge in [-0.1, -0.05) is 29.3 Å². The van der Waals surface area contributed by atoms with E-state index in [2.05, 4.69) is 0 Å². The normalized spacial score (nSPS) is 17.5. The number of Topliss-reactive ketones (excluding diaryl/α,β-unsaturated/α-hetero) is 1. The second-order valence-corrected chi connectivity index (χ2v) is 4.53. The van der Waals surface area contributed by atoms with E-state index in [-0.39, 0.29) is 16.7 Å². The molecule has 1 fully saturated rings. The van der Waals surface area contributed by atoms with E-state index in [0.29, 0.717) is 10.6 Å². The van der Waals surface area contributed by atoms with Crippen molar-refractivity contribution in [3.8, 4) is 0 Å². The van der Waals surface area contributed by atoms with Crippen LogP contribution in [-0.4, -0.2) is 17.0 Å². The number of benzene rings is 1. The maximum absolute atomic E-state index is 11.8. The fraction of sp³-hybridized carbons (Fsp3) is 0.364. The number of hydrogen-bond donors (Lipinski definition) is 1. The Bertz CT molecular complexity index is 400. The average Bonchev–Trinajstić information content (AvgIpc) is 3.03. The van der Waals surface area contributed by atoms with Gasteiger partial charge in [0.05, 0.1) is 10.0 Å². The van der Waals surface area contributed by atoms with E-state index < -0.39 is 6.10 Å². The van der Waals surface area contributed by atoms with Crippen LogP contribution in [0.3, 0.4) is 0 Å². The van der Waals surface area contributed by atoms with Crippen LogP contribution in [0, 0.1) is 5.92 Å². The van der Waals surface area contributed by atoms with E-state index >= 15 is 0 Å². The van der Waals surface area contributed by atoms with Gasteiger partial charge in [-0.25, -0.2) is 0 Å². The number of rotatable bonds is 3. The Hall–Kier alpha value is -0.570. The summed E-state index contributed by atoms with van der Waals surface area (Å²) in [5.74, 6) is -0.224. The Kier molecular flexibility index (Phi) is 3.01. The van der Waals surface area contributed by atoms with Gasteiger partial charge >= 0.3 is 0 Å². The van der Waals surface area contributed by atoms with E-state index in [9.17, 15) is 9.90 Å². The van der Waals surface area contributed by atoms with E-state index in [0.717, 1.165) is 12.8 Å². The van der Waals surface area contributed by atoms with Crippen molar-refractivity contribution in [3.05, 3.63) is 33.8 Å². The van der Waals surface area contributed by atoms with Crippen LogP contribution in [0.5, 0.6) is 0 Å². The number of hydrogen-bond acceptors (Lipinski definition) is 2. The van der Waals surface area contributed by atoms with Crippen molar-refractivity contribution in [2.24, 2.45) is 5.92 Å². The lowest BCUT2D eigenvalue weighted by atomic mass is 10.0. The third kappa shape index (κ3) is 2.17. The van der Waals surface area contributed by atoms with Crippen LogP contribution in [0.25, 0.3) is 0 Å². The van der Waals surface area contributed by atoms with Gasteiger partial charge in [-0.3, -0.25) is 4.79 Å².